The van der Waals surface area contributed by atoms with E-state index in [1.807, 2.05) is 57.8 Å². The largest absolute Gasteiger partial charge is 0.336 e. The highest BCUT2D eigenvalue weighted by atomic mass is 127. The average Bonchev–Trinajstić information content (AvgIpc) is 2.62. The Bertz CT molecular complexity index is 793. The standard InChI is InChI=1S/C19H19FIN3O2/c20-14-6-7-16(17(21)12-14)19(26)24-10-8-23(9-11-24)13-18(25)22-15-4-2-1-3-5-15/h1-7,12H,8-11,13H2,(H,22,25). The van der Waals surface area contributed by atoms with Crippen molar-refractivity contribution in [1.82, 2.24) is 9.80 Å². The van der Waals surface area contributed by atoms with Crippen molar-refractivity contribution >= 4 is 40.1 Å². The zero-order valence-electron chi connectivity index (χ0n) is 14.1. The molecule has 3 rings (SSSR count). The van der Waals surface area contributed by atoms with Gasteiger partial charge in [0.2, 0.25) is 5.91 Å². The average molecular weight is 467 g/mol. The molecule has 1 heterocycles. The number of anilines is 1. The zero-order valence-corrected chi connectivity index (χ0v) is 16.3. The van der Waals surface area contributed by atoms with Crippen LogP contribution < -0.4 is 5.32 Å². The van der Waals surface area contributed by atoms with Gasteiger partial charge in [-0.3, -0.25) is 14.5 Å². The molecule has 0 unspecified atom stereocenters. The molecule has 1 saturated heterocycles. The molecule has 2 aromatic carbocycles. The minimum atomic E-state index is -0.347. The topological polar surface area (TPSA) is 52.7 Å². The summed E-state index contributed by atoms with van der Waals surface area (Å²) in [7, 11) is 0. The van der Waals surface area contributed by atoms with Crippen molar-refractivity contribution in [2.24, 2.45) is 0 Å². The van der Waals surface area contributed by atoms with Crippen LogP contribution in [0.25, 0.3) is 0 Å². The first-order valence-electron chi connectivity index (χ1n) is 8.34. The Kier molecular flexibility index (Phi) is 6.20. The molecule has 5 nitrogen and oxygen atoms in total. The Balaban J connectivity index is 1.51. The first kappa shape index (κ1) is 18.8. The van der Waals surface area contributed by atoms with E-state index < -0.39 is 0 Å². The summed E-state index contributed by atoms with van der Waals surface area (Å²) in [6.45, 7) is 2.65. The number of nitrogens with zero attached hydrogens (tertiary/aromatic N) is 2. The fraction of sp³-hybridized carbons (Fsp3) is 0.263. The van der Waals surface area contributed by atoms with Crippen LogP contribution in [0.5, 0.6) is 0 Å². The van der Waals surface area contributed by atoms with Crippen LogP contribution in [-0.4, -0.2) is 54.3 Å². The predicted molar refractivity (Wildman–Crippen MR) is 107 cm³/mol. The molecule has 2 aromatic rings. The van der Waals surface area contributed by atoms with Crippen LogP contribution in [0.15, 0.2) is 48.5 Å². The van der Waals surface area contributed by atoms with E-state index in [-0.39, 0.29) is 17.6 Å². The molecular formula is C19H19FIN3O2. The third-order valence-electron chi connectivity index (χ3n) is 4.25. The van der Waals surface area contributed by atoms with Crippen molar-refractivity contribution in [3.05, 3.63) is 63.5 Å². The minimum absolute atomic E-state index is 0.0657. The summed E-state index contributed by atoms with van der Waals surface area (Å²) in [5.74, 6) is -0.507. The Morgan fingerprint density at radius 3 is 2.38 bits per heavy atom. The minimum Gasteiger partial charge on any atom is -0.336 e. The molecule has 0 saturated carbocycles. The molecule has 0 bridgehead atoms. The lowest BCUT2D eigenvalue weighted by atomic mass is 10.1. The summed E-state index contributed by atoms with van der Waals surface area (Å²) >= 11 is 1.98. The Morgan fingerprint density at radius 1 is 1.04 bits per heavy atom. The van der Waals surface area contributed by atoms with Crippen molar-refractivity contribution in [3.8, 4) is 0 Å². The van der Waals surface area contributed by atoms with Crippen LogP contribution in [0.3, 0.4) is 0 Å². The van der Waals surface area contributed by atoms with Gasteiger partial charge in [-0.25, -0.2) is 4.39 Å². The molecule has 0 radical (unpaired) electrons. The van der Waals surface area contributed by atoms with Crippen LogP contribution in [0.2, 0.25) is 0 Å². The lowest BCUT2D eigenvalue weighted by Gasteiger charge is -2.34. The second-order valence-electron chi connectivity index (χ2n) is 6.11. The summed E-state index contributed by atoms with van der Waals surface area (Å²) in [5.41, 5.74) is 1.29. The zero-order chi connectivity index (χ0) is 18.5. The number of hydrogen-bond donors (Lipinski definition) is 1. The number of para-hydroxylation sites is 1. The van der Waals surface area contributed by atoms with Gasteiger partial charge in [-0.15, -0.1) is 0 Å². The van der Waals surface area contributed by atoms with Gasteiger partial charge >= 0.3 is 0 Å². The molecule has 1 aliphatic heterocycles. The van der Waals surface area contributed by atoms with Crippen LogP contribution in [0, 0.1) is 9.39 Å². The molecule has 26 heavy (non-hydrogen) atoms. The Morgan fingerprint density at radius 2 is 1.73 bits per heavy atom. The second-order valence-corrected chi connectivity index (χ2v) is 7.27. The highest BCUT2D eigenvalue weighted by molar-refractivity contribution is 14.1. The second kappa shape index (κ2) is 8.59. The van der Waals surface area contributed by atoms with Crippen LogP contribution >= 0.6 is 22.6 Å². The summed E-state index contributed by atoms with van der Waals surface area (Å²) in [6, 6.07) is 13.5. The maximum absolute atomic E-state index is 13.2. The third-order valence-corrected chi connectivity index (χ3v) is 5.14. The number of piperazine rings is 1. The van der Waals surface area contributed by atoms with Crippen LogP contribution in [0.1, 0.15) is 10.4 Å². The molecule has 1 N–H and O–H groups in total. The molecule has 0 spiro atoms. The quantitative estimate of drug-likeness (QED) is 0.704. The van der Waals surface area contributed by atoms with Gasteiger partial charge < -0.3 is 10.2 Å². The molecule has 1 aliphatic rings. The molecule has 136 valence electrons. The third kappa shape index (κ3) is 4.79. The maximum Gasteiger partial charge on any atom is 0.255 e. The smallest absolute Gasteiger partial charge is 0.255 e. The van der Waals surface area contributed by atoms with E-state index in [0.29, 0.717) is 41.9 Å². The van der Waals surface area contributed by atoms with Gasteiger partial charge in [0.05, 0.1) is 12.1 Å². The maximum atomic E-state index is 13.2. The summed E-state index contributed by atoms with van der Waals surface area (Å²) in [4.78, 5) is 28.5. The fourth-order valence-corrected chi connectivity index (χ4v) is 3.58. The van der Waals surface area contributed by atoms with E-state index in [1.54, 1.807) is 4.90 Å². The van der Waals surface area contributed by atoms with E-state index in [0.717, 1.165) is 5.69 Å². The summed E-state index contributed by atoms with van der Waals surface area (Å²) < 4.78 is 13.8. The van der Waals surface area contributed by atoms with Gasteiger partial charge in [0, 0.05) is 35.4 Å². The molecule has 0 aromatic heterocycles. The van der Waals surface area contributed by atoms with E-state index in [1.165, 1.54) is 18.2 Å². The molecule has 1 fully saturated rings. The summed E-state index contributed by atoms with van der Waals surface area (Å²) in [6.07, 6.45) is 0. The highest BCUT2D eigenvalue weighted by Crippen LogP contribution is 2.17. The van der Waals surface area contributed by atoms with Crippen molar-refractivity contribution < 1.29 is 14.0 Å². The lowest BCUT2D eigenvalue weighted by molar-refractivity contribution is -0.117. The molecule has 0 aliphatic carbocycles. The number of nitrogens with one attached hydrogen (secondary N) is 1. The number of carbonyl (C=O) groups excluding carboxylic acids is 2. The van der Waals surface area contributed by atoms with Crippen LogP contribution in [0.4, 0.5) is 10.1 Å². The number of hydrogen-bond acceptors (Lipinski definition) is 3. The van der Waals surface area contributed by atoms with E-state index in [9.17, 15) is 14.0 Å². The molecule has 2 amide bonds. The molecule has 0 atom stereocenters. The molecular weight excluding hydrogens is 448 g/mol. The van der Waals surface area contributed by atoms with Crippen molar-refractivity contribution in [2.75, 3.05) is 38.0 Å². The Labute approximate surface area is 165 Å². The van der Waals surface area contributed by atoms with Gasteiger partial charge in [0.15, 0.2) is 0 Å². The number of carbonyl (C=O) groups is 2. The van der Waals surface area contributed by atoms with Gasteiger partial charge in [-0.05, 0) is 52.9 Å². The number of halogens is 2. The van der Waals surface area contributed by atoms with Crippen molar-refractivity contribution in [1.29, 1.82) is 0 Å². The van der Waals surface area contributed by atoms with E-state index in [4.69, 9.17) is 0 Å². The Hall–Kier alpha value is -2.00. The normalized spacial score (nSPS) is 14.9. The lowest BCUT2D eigenvalue weighted by Crippen LogP contribution is -2.50. The first-order chi connectivity index (χ1) is 12.5. The first-order valence-corrected chi connectivity index (χ1v) is 9.42. The van der Waals surface area contributed by atoms with Gasteiger partial charge in [0.1, 0.15) is 5.82 Å². The highest BCUT2D eigenvalue weighted by Gasteiger charge is 2.24. The van der Waals surface area contributed by atoms with E-state index >= 15 is 0 Å². The van der Waals surface area contributed by atoms with Crippen molar-refractivity contribution in [2.45, 2.75) is 0 Å². The van der Waals surface area contributed by atoms with Gasteiger partial charge in [-0.2, -0.15) is 0 Å². The van der Waals surface area contributed by atoms with Crippen LogP contribution in [-0.2, 0) is 4.79 Å². The van der Waals surface area contributed by atoms with Gasteiger partial charge in [-0.1, -0.05) is 18.2 Å². The number of amides is 2. The SMILES string of the molecule is O=C(CN1CCN(C(=O)c2ccc(F)cc2I)CC1)Nc1ccccc1. The summed E-state index contributed by atoms with van der Waals surface area (Å²) in [5, 5.41) is 2.86. The van der Waals surface area contributed by atoms with Gasteiger partial charge in [0.25, 0.3) is 5.91 Å². The monoisotopic (exact) mass is 467 g/mol. The number of rotatable bonds is 4. The predicted octanol–water partition coefficient (Wildman–Crippen LogP) is 2.83. The van der Waals surface area contributed by atoms with Crippen molar-refractivity contribution in [3.63, 3.8) is 0 Å². The number of benzene rings is 2. The fourth-order valence-electron chi connectivity index (χ4n) is 2.87. The molecule has 7 heteroatoms. The van der Waals surface area contributed by atoms with E-state index in [2.05, 4.69) is 5.32 Å².